The van der Waals surface area contributed by atoms with Gasteiger partial charge >= 0.3 is 0 Å². The van der Waals surface area contributed by atoms with E-state index in [9.17, 15) is 4.79 Å². The lowest BCUT2D eigenvalue weighted by molar-refractivity contribution is -0.126. The van der Waals surface area contributed by atoms with Gasteiger partial charge in [-0.3, -0.25) is 4.79 Å². The highest BCUT2D eigenvalue weighted by molar-refractivity contribution is 5.92. The molecule has 2 aromatic heterocycles. The minimum atomic E-state index is -0.0356. The molecular weight excluding hydrogens is 474 g/mol. The van der Waals surface area contributed by atoms with Crippen LogP contribution in [0.15, 0.2) is 54.9 Å². The third-order valence-electron chi connectivity index (χ3n) is 6.32. The molecule has 0 unspecified atom stereocenters. The number of amides is 1. The quantitative estimate of drug-likeness (QED) is 0.370. The number of ether oxygens (including phenoxy) is 3. The molecule has 0 aliphatic carbocycles. The van der Waals surface area contributed by atoms with Gasteiger partial charge in [0.2, 0.25) is 12.7 Å². The fraction of sp³-hybridized carbons (Fsp3) is 0.269. The van der Waals surface area contributed by atoms with Crippen molar-refractivity contribution in [2.45, 2.75) is 6.92 Å². The summed E-state index contributed by atoms with van der Waals surface area (Å²) in [5.74, 6) is 2.89. The van der Waals surface area contributed by atoms with Gasteiger partial charge in [0.25, 0.3) is 0 Å². The first-order valence-corrected chi connectivity index (χ1v) is 12.1. The average Bonchev–Trinajstić information content (AvgIpc) is 3.59. The van der Waals surface area contributed by atoms with Crippen LogP contribution in [-0.2, 0) is 4.79 Å². The molecule has 1 fully saturated rings. The van der Waals surface area contributed by atoms with Gasteiger partial charge in [0.05, 0.1) is 12.3 Å². The van der Waals surface area contributed by atoms with Crippen molar-refractivity contribution in [3.63, 3.8) is 0 Å². The minimum Gasteiger partial charge on any atom is -0.494 e. The summed E-state index contributed by atoms with van der Waals surface area (Å²) in [6, 6.07) is 13.2. The number of hydrogen-bond donors (Lipinski definition) is 0. The third kappa shape index (κ3) is 4.51. The molecule has 4 aromatic rings. The Kier molecular flexibility index (Phi) is 6.01. The highest BCUT2D eigenvalue weighted by atomic mass is 16.7. The van der Waals surface area contributed by atoms with Gasteiger partial charge in [0.15, 0.2) is 28.5 Å². The van der Waals surface area contributed by atoms with E-state index >= 15 is 0 Å². The van der Waals surface area contributed by atoms with E-state index in [1.165, 1.54) is 6.33 Å². The molecular formula is C26H25N7O4. The van der Waals surface area contributed by atoms with E-state index in [2.05, 4.69) is 25.2 Å². The van der Waals surface area contributed by atoms with Crippen LogP contribution in [0.5, 0.6) is 17.2 Å². The Bertz CT molecular complexity index is 1460. The molecule has 0 saturated carbocycles. The van der Waals surface area contributed by atoms with Crippen LogP contribution in [-0.4, -0.2) is 75.3 Å². The molecule has 11 nitrogen and oxygen atoms in total. The number of nitrogens with zero attached hydrogens (tertiary/aromatic N) is 7. The smallest absolute Gasteiger partial charge is 0.246 e. The molecule has 2 aromatic carbocycles. The number of aromatic nitrogens is 5. The second kappa shape index (κ2) is 9.76. The molecule has 11 heteroatoms. The zero-order valence-electron chi connectivity index (χ0n) is 20.3. The van der Waals surface area contributed by atoms with Gasteiger partial charge in [0, 0.05) is 32.3 Å². The number of hydrogen-bond acceptors (Lipinski definition) is 9. The van der Waals surface area contributed by atoms with Crippen molar-refractivity contribution < 1.29 is 19.0 Å². The maximum absolute atomic E-state index is 12.8. The van der Waals surface area contributed by atoms with Gasteiger partial charge in [0.1, 0.15) is 12.1 Å². The summed E-state index contributed by atoms with van der Waals surface area (Å²) >= 11 is 0. The van der Waals surface area contributed by atoms with Crippen LogP contribution in [0, 0.1) is 0 Å². The highest BCUT2D eigenvalue weighted by Crippen LogP contribution is 2.33. The minimum absolute atomic E-state index is 0.0356. The summed E-state index contributed by atoms with van der Waals surface area (Å²) in [7, 11) is 0. The largest absolute Gasteiger partial charge is 0.494 e. The van der Waals surface area contributed by atoms with Gasteiger partial charge in [-0.05, 0) is 55.0 Å². The van der Waals surface area contributed by atoms with Crippen LogP contribution in [0.25, 0.3) is 22.9 Å². The molecule has 0 bridgehead atoms. The van der Waals surface area contributed by atoms with Crippen LogP contribution >= 0.6 is 0 Å². The number of fused-ring (bicyclic) bond motifs is 2. The molecule has 188 valence electrons. The topological polar surface area (TPSA) is 108 Å². The molecule has 1 amide bonds. The molecule has 6 rings (SSSR count). The lowest BCUT2D eigenvalue weighted by Gasteiger charge is -2.34. The number of anilines is 1. The lowest BCUT2D eigenvalue weighted by Crippen LogP contribution is -2.48. The van der Waals surface area contributed by atoms with Crippen molar-refractivity contribution in [3.05, 3.63) is 60.4 Å². The van der Waals surface area contributed by atoms with Gasteiger partial charge in [-0.15, -0.1) is 5.10 Å². The van der Waals surface area contributed by atoms with Crippen LogP contribution in [0.4, 0.5) is 5.82 Å². The predicted molar refractivity (Wildman–Crippen MR) is 136 cm³/mol. The Balaban J connectivity index is 1.13. The maximum Gasteiger partial charge on any atom is 0.246 e. The molecule has 0 atom stereocenters. The summed E-state index contributed by atoms with van der Waals surface area (Å²) in [6.45, 7) is 5.19. The zero-order valence-corrected chi connectivity index (χ0v) is 20.3. The first-order valence-electron chi connectivity index (χ1n) is 12.1. The predicted octanol–water partition coefficient (Wildman–Crippen LogP) is 2.70. The standard InChI is InChI=1S/C26H25N7O4/c1-2-35-20-7-5-19(6-8-20)33-26-24(29-30-33)25(27-16-28-26)32-13-11-31(12-14-32)23(34)10-4-18-3-9-21-22(15-18)37-17-36-21/h3-10,15-16H,2,11-14,17H2,1H3. The van der Waals surface area contributed by atoms with Crippen molar-refractivity contribution in [1.29, 1.82) is 0 Å². The van der Waals surface area contributed by atoms with Gasteiger partial charge in [-0.2, -0.15) is 4.68 Å². The Morgan fingerprint density at radius 2 is 1.84 bits per heavy atom. The van der Waals surface area contributed by atoms with E-state index in [0.29, 0.717) is 55.5 Å². The zero-order chi connectivity index (χ0) is 25.2. The molecule has 37 heavy (non-hydrogen) atoms. The number of rotatable bonds is 6. The SMILES string of the molecule is CCOc1ccc(-n2nnc3c(N4CCN(C(=O)C=Cc5ccc6c(c5)OCO6)CC4)ncnc32)cc1. The average molecular weight is 500 g/mol. The monoisotopic (exact) mass is 499 g/mol. The van der Waals surface area contributed by atoms with E-state index in [1.54, 1.807) is 16.8 Å². The van der Waals surface area contributed by atoms with E-state index in [0.717, 1.165) is 22.7 Å². The molecule has 1 saturated heterocycles. The second-order valence-corrected chi connectivity index (χ2v) is 8.56. The summed E-state index contributed by atoms with van der Waals surface area (Å²) in [5.41, 5.74) is 2.97. The molecule has 2 aliphatic heterocycles. The maximum atomic E-state index is 12.8. The molecule has 4 heterocycles. The van der Waals surface area contributed by atoms with Crippen molar-refractivity contribution >= 4 is 29.0 Å². The van der Waals surface area contributed by atoms with Crippen molar-refractivity contribution in [2.24, 2.45) is 0 Å². The molecule has 0 radical (unpaired) electrons. The van der Waals surface area contributed by atoms with E-state index in [4.69, 9.17) is 14.2 Å². The second-order valence-electron chi connectivity index (χ2n) is 8.56. The van der Waals surface area contributed by atoms with Crippen molar-refractivity contribution in [2.75, 3.05) is 44.5 Å². The van der Waals surface area contributed by atoms with Gasteiger partial charge in [-0.1, -0.05) is 11.3 Å². The van der Waals surface area contributed by atoms with Crippen LogP contribution < -0.4 is 19.1 Å². The lowest BCUT2D eigenvalue weighted by atomic mass is 10.2. The number of piperazine rings is 1. The summed E-state index contributed by atoms with van der Waals surface area (Å²) in [4.78, 5) is 25.7. The first kappa shape index (κ1) is 22.8. The Morgan fingerprint density at radius 1 is 1.03 bits per heavy atom. The van der Waals surface area contributed by atoms with Gasteiger partial charge < -0.3 is 24.0 Å². The van der Waals surface area contributed by atoms with Crippen molar-refractivity contribution in [3.8, 4) is 22.9 Å². The summed E-state index contributed by atoms with van der Waals surface area (Å²) in [5, 5.41) is 8.70. The normalized spacial score (nSPS) is 15.1. The Morgan fingerprint density at radius 3 is 2.65 bits per heavy atom. The van der Waals surface area contributed by atoms with Crippen molar-refractivity contribution in [1.82, 2.24) is 29.9 Å². The number of benzene rings is 2. The van der Waals surface area contributed by atoms with Crippen LogP contribution in [0.3, 0.4) is 0 Å². The van der Waals surface area contributed by atoms with Crippen LogP contribution in [0.2, 0.25) is 0 Å². The summed E-state index contributed by atoms with van der Waals surface area (Å²) < 4.78 is 18.0. The molecule has 2 aliphatic rings. The van der Waals surface area contributed by atoms with Gasteiger partial charge in [-0.25, -0.2) is 9.97 Å². The number of carbonyl (C=O) groups excluding carboxylic acids is 1. The first-order chi connectivity index (χ1) is 18.2. The fourth-order valence-corrected chi connectivity index (χ4v) is 4.42. The fourth-order valence-electron chi connectivity index (χ4n) is 4.42. The van der Waals surface area contributed by atoms with E-state index in [1.807, 2.05) is 54.3 Å². The molecule has 0 N–H and O–H groups in total. The third-order valence-corrected chi connectivity index (χ3v) is 6.32. The highest BCUT2D eigenvalue weighted by Gasteiger charge is 2.24. The molecule has 0 spiro atoms. The number of carbonyl (C=O) groups is 1. The van der Waals surface area contributed by atoms with E-state index < -0.39 is 0 Å². The Labute approximate surface area is 212 Å². The summed E-state index contributed by atoms with van der Waals surface area (Å²) in [6.07, 6.45) is 4.92. The van der Waals surface area contributed by atoms with Crippen LogP contribution in [0.1, 0.15) is 12.5 Å². The Hall–Kier alpha value is -4.67. The van der Waals surface area contributed by atoms with E-state index in [-0.39, 0.29) is 12.7 Å².